The number of anilines is 1. The number of carbonyl (C=O) groups is 1. The Labute approximate surface area is 116 Å². The van der Waals surface area contributed by atoms with Crippen molar-refractivity contribution < 1.29 is 4.79 Å². The number of aromatic nitrogens is 4. The molecular formula is C13H16N6O. The number of aromatic amines is 1. The molecule has 0 radical (unpaired) electrons. The van der Waals surface area contributed by atoms with Crippen molar-refractivity contribution in [2.24, 2.45) is 0 Å². The molecule has 1 aliphatic rings. The molecule has 2 N–H and O–H groups in total. The van der Waals surface area contributed by atoms with E-state index in [4.69, 9.17) is 0 Å². The van der Waals surface area contributed by atoms with Gasteiger partial charge in [0, 0.05) is 24.3 Å². The van der Waals surface area contributed by atoms with Crippen LogP contribution in [0.1, 0.15) is 29.0 Å². The Hall–Kier alpha value is -2.44. The minimum atomic E-state index is -0.129. The van der Waals surface area contributed by atoms with Crippen LogP contribution in [0.4, 0.5) is 5.69 Å². The van der Waals surface area contributed by atoms with Crippen molar-refractivity contribution in [3.05, 3.63) is 35.7 Å². The molecule has 1 fully saturated rings. The normalized spacial score (nSPS) is 14.5. The molecule has 0 saturated carbocycles. The van der Waals surface area contributed by atoms with E-state index in [2.05, 4.69) is 30.8 Å². The van der Waals surface area contributed by atoms with Crippen molar-refractivity contribution in [1.29, 1.82) is 0 Å². The number of nitrogens with zero attached hydrogens (tertiary/aromatic N) is 4. The molecule has 20 heavy (non-hydrogen) atoms. The van der Waals surface area contributed by atoms with Gasteiger partial charge in [0.2, 0.25) is 0 Å². The van der Waals surface area contributed by atoms with E-state index in [1.54, 1.807) is 0 Å². The highest BCUT2D eigenvalue weighted by molar-refractivity contribution is 5.95. The predicted octanol–water partition coefficient (Wildman–Crippen LogP) is 0.730. The topological polar surface area (TPSA) is 86.8 Å². The average Bonchev–Trinajstić information content (AvgIpc) is 3.18. The highest BCUT2D eigenvalue weighted by Crippen LogP contribution is 2.21. The zero-order chi connectivity index (χ0) is 13.8. The van der Waals surface area contributed by atoms with Gasteiger partial charge < -0.3 is 10.2 Å². The van der Waals surface area contributed by atoms with Gasteiger partial charge in [-0.05, 0) is 31.0 Å². The molecule has 1 aromatic carbocycles. The van der Waals surface area contributed by atoms with E-state index in [0.717, 1.165) is 18.8 Å². The van der Waals surface area contributed by atoms with Gasteiger partial charge in [-0.1, -0.05) is 11.3 Å². The summed E-state index contributed by atoms with van der Waals surface area (Å²) in [5.74, 6) is 0.338. The van der Waals surface area contributed by atoms with Crippen LogP contribution in [0, 0.1) is 0 Å². The van der Waals surface area contributed by atoms with Gasteiger partial charge in [0.1, 0.15) is 0 Å². The number of amides is 1. The lowest BCUT2D eigenvalue weighted by Crippen LogP contribution is -2.24. The lowest BCUT2D eigenvalue weighted by atomic mass is 10.1. The number of nitrogens with one attached hydrogen (secondary N) is 2. The van der Waals surface area contributed by atoms with Gasteiger partial charge in [0.15, 0.2) is 5.82 Å². The van der Waals surface area contributed by atoms with Gasteiger partial charge in [0.25, 0.3) is 5.91 Å². The summed E-state index contributed by atoms with van der Waals surface area (Å²) in [6.45, 7) is 2.39. The number of benzene rings is 1. The Morgan fingerprint density at radius 2 is 2.20 bits per heavy atom. The zero-order valence-electron chi connectivity index (χ0n) is 11.0. The largest absolute Gasteiger partial charge is 0.372 e. The van der Waals surface area contributed by atoms with Crippen LogP contribution in [0.3, 0.4) is 0 Å². The minimum absolute atomic E-state index is 0.129. The minimum Gasteiger partial charge on any atom is -0.372 e. The van der Waals surface area contributed by atoms with E-state index < -0.39 is 0 Å². The molecule has 1 saturated heterocycles. The Bertz CT molecular complexity index is 576. The first kappa shape index (κ1) is 12.6. The SMILES string of the molecule is O=C(NCc1nn[nH]n1)c1cccc(N2CCCC2)c1. The maximum atomic E-state index is 12.1. The molecule has 2 heterocycles. The molecule has 1 aromatic heterocycles. The molecule has 0 atom stereocenters. The van der Waals surface area contributed by atoms with Crippen molar-refractivity contribution in [3.8, 4) is 0 Å². The molecule has 2 aromatic rings. The van der Waals surface area contributed by atoms with Crippen LogP contribution in [0.15, 0.2) is 24.3 Å². The summed E-state index contributed by atoms with van der Waals surface area (Å²) in [7, 11) is 0. The first-order chi connectivity index (χ1) is 9.83. The second kappa shape index (κ2) is 5.68. The fourth-order valence-electron chi connectivity index (χ4n) is 2.34. The molecule has 0 bridgehead atoms. The average molecular weight is 272 g/mol. The van der Waals surface area contributed by atoms with Crippen molar-refractivity contribution in [2.45, 2.75) is 19.4 Å². The van der Waals surface area contributed by atoms with Gasteiger partial charge in [-0.3, -0.25) is 4.79 Å². The number of H-pyrrole nitrogens is 1. The monoisotopic (exact) mass is 272 g/mol. The predicted molar refractivity (Wildman–Crippen MR) is 73.2 cm³/mol. The van der Waals surface area contributed by atoms with E-state index in [-0.39, 0.29) is 12.5 Å². The molecule has 7 heteroatoms. The van der Waals surface area contributed by atoms with Crippen LogP contribution in [0.5, 0.6) is 0 Å². The van der Waals surface area contributed by atoms with Gasteiger partial charge in [-0.25, -0.2) is 0 Å². The first-order valence-electron chi connectivity index (χ1n) is 6.68. The number of rotatable bonds is 4. The summed E-state index contributed by atoms with van der Waals surface area (Å²) in [5, 5.41) is 16.2. The lowest BCUT2D eigenvalue weighted by molar-refractivity contribution is 0.0950. The number of tetrazole rings is 1. The van der Waals surface area contributed by atoms with E-state index in [9.17, 15) is 4.79 Å². The van der Waals surface area contributed by atoms with Gasteiger partial charge in [-0.2, -0.15) is 5.21 Å². The Morgan fingerprint density at radius 3 is 2.95 bits per heavy atom. The second-order valence-corrected chi connectivity index (χ2v) is 4.76. The molecular weight excluding hydrogens is 256 g/mol. The molecule has 0 spiro atoms. The number of hydrogen-bond donors (Lipinski definition) is 2. The molecule has 1 aliphatic heterocycles. The summed E-state index contributed by atoms with van der Waals surface area (Å²) in [6, 6.07) is 7.69. The second-order valence-electron chi connectivity index (χ2n) is 4.76. The molecule has 104 valence electrons. The summed E-state index contributed by atoms with van der Waals surface area (Å²) < 4.78 is 0. The Kier molecular flexibility index (Phi) is 3.58. The van der Waals surface area contributed by atoms with Crippen molar-refractivity contribution >= 4 is 11.6 Å². The molecule has 3 rings (SSSR count). The van der Waals surface area contributed by atoms with Crippen LogP contribution in [0.2, 0.25) is 0 Å². The quantitative estimate of drug-likeness (QED) is 0.856. The molecule has 0 aliphatic carbocycles. The molecule has 7 nitrogen and oxygen atoms in total. The Balaban J connectivity index is 1.66. The van der Waals surface area contributed by atoms with E-state index in [1.807, 2.05) is 24.3 Å². The lowest BCUT2D eigenvalue weighted by Gasteiger charge is -2.18. The molecule has 0 unspecified atom stereocenters. The van der Waals surface area contributed by atoms with Crippen LogP contribution < -0.4 is 10.2 Å². The number of carbonyl (C=O) groups excluding carboxylic acids is 1. The van der Waals surface area contributed by atoms with Crippen LogP contribution >= 0.6 is 0 Å². The summed E-state index contributed by atoms with van der Waals surface area (Å²) in [4.78, 5) is 14.4. The van der Waals surface area contributed by atoms with E-state index in [1.165, 1.54) is 12.8 Å². The van der Waals surface area contributed by atoms with Gasteiger partial charge in [0.05, 0.1) is 6.54 Å². The first-order valence-corrected chi connectivity index (χ1v) is 6.68. The van der Waals surface area contributed by atoms with Crippen molar-refractivity contribution in [2.75, 3.05) is 18.0 Å². The van der Waals surface area contributed by atoms with E-state index >= 15 is 0 Å². The fourth-order valence-corrected chi connectivity index (χ4v) is 2.34. The van der Waals surface area contributed by atoms with Crippen molar-refractivity contribution in [3.63, 3.8) is 0 Å². The van der Waals surface area contributed by atoms with Gasteiger partial charge >= 0.3 is 0 Å². The maximum absolute atomic E-state index is 12.1. The van der Waals surface area contributed by atoms with E-state index in [0.29, 0.717) is 11.4 Å². The third-order valence-electron chi connectivity index (χ3n) is 3.38. The highest BCUT2D eigenvalue weighted by atomic mass is 16.1. The van der Waals surface area contributed by atoms with Crippen LogP contribution in [-0.2, 0) is 6.54 Å². The third-order valence-corrected chi connectivity index (χ3v) is 3.38. The fraction of sp³-hybridized carbons (Fsp3) is 0.385. The zero-order valence-corrected chi connectivity index (χ0v) is 11.0. The summed E-state index contributed by atoms with van der Waals surface area (Å²) >= 11 is 0. The number of hydrogen-bond acceptors (Lipinski definition) is 5. The van der Waals surface area contributed by atoms with Crippen LogP contribution in [-0.4, -0.2) is 39.6 Å². The smallest absolute Gasteiger partial charge is 0.251 e. The van der Waals surface area contributed by atoms with Gasteiger partial charge in [-0.15, -0.1) is 10.2 Å². The van der Waals surface area contributed by atoms with Crippen LogP contribution in [0.25, 0.3) is 0 Å². The highest BCUT2D eigenvalue weighted by Gasteiger charge is 2.14. The maximum Gasteiger partial charge on any atom is 0.251 e. The third kappa shape index (κ3) is 2.76. The van der Waals surface area contributed by atoms with Crippen molar-refractivity contribution in [1.82, 2.24) is 25.9 Å². The Morgan fingerprint density at radius 1 is 1.35 bits per heavy atom. The molecule has 1 amide bonds. The summed E-state index contributed by atoms with van der Waals surface area (Å²) in [6.07, 6.45) is 2.43. The summed E-state index contributed by atoms with van der Waals surface area (Å²) in [5.41, 5.74) is 1.76. The standard InChI is InChI=1S/C13H16N6O/c20-13(14-9-12-15-17-18-16-12)10-4-3-5-11(8-10)19-6-1-2-7-19/h3-5,8H,1-2,6-7,9H2,(H,14,20)(H,15,16,17,18).